The van der Waals surface area contributed by atoms with E-state index in [1.54, 1.807) is 14.7 Å². The lowest BCUT2D eigenvalue weighted by Gasteiger charge is -2.35. The molecule has 5 nitrogen and oxygen atoms in total. The highest BCUT2D eigenvalue weighted by Gasteiger charge is 2.41. The normalized spacial score (nSPS) is 28.0. The molecule has 6 heteroatoms. The van der Waals surface area contributed by atoms with Gasteiger partial charge in [-0.3, -0.25) is 0 Å². The van der Waals surface area contributed by atoms with Gasteiger partial charge in [-0.25, -0.2) is 0 Å². The second kappa shape index (κ2) is 6.36. The van der Waals surface area contributed by atoms with Gasteiger partial charge < -0.3 is 5.32 Å². The highest BCUT2D eigenvalue weighted by atomic mass is 32.2. The molecule has 2 saturated carbocycles. The van der Waals surface area contributed by atoms with E-state index < -0.39 is 10.2 Å². The molecular formula is C15H27N3O2S. The largest absolute Gasteiger partial charge is 0.314 e. The zero-order valence-corrected chi connectivity index (χ0v) is 13.5. The lowest BCUT2D eigenvalue weighted by molar-refractivity contribution is 0.242. The standard InChI is InChI=1S/C15H27N3O2S/c1-2-9-18(15-7-8-15)21(19,20)17-10-3-4-13(12-17)11-16-14-5-6-14/h2,13-16H,1,3-12H2. The molecule has 1 heterocycles. The molecule has 0 radical (unpaired) electrons. The van der Waals surface area contributed by atoms with Crippen LogP contribution in [0.15, 0.2) is 12.7 Å². The van der Waals surface area contributed by atoms with E-state index >= 15 is 0 Å². The van der Waals surface area contributed by atoms with Gasteiger partial charge in [0.1, 0.15) is 0 Å². The van der Waals surface area contributed by atoms with E-state index in [2.05, 4.69) is 11.9 Å². The first-order chi connectivity index (χ1) is 10.1. The fraction of sp³-hybridized carbons (Fsp3) is 0.867. The average molecular weight is 313 g/mol. The molecule has 1 saturated heterocycles. The number of nitrogens with one attached hydrogen (secondary N) is 1. The van der Waals surface area contributed by atoms with E-state index in [1.807, 2.05) is 0 Å². The number of rotatable bonds is 8. The Labute approximate surface area is 128 Å². The second-order valence-corrected chi connectivity index (χ2v) is 8.53. The van der Waals surface area contributed by atoms with Gasteiger partial charge in [-0.1, -0.05) is 6.08 Å². The molecule has 3 rings (SSSR count). The van der Waals surface area contributed by atoms with Gasteiger partial charge in [0.05, 0.1) is 0 Å². The van der Waals surface area contributed by atoms with Crippen molar-refractivity contribution in [3.63, 3.8) is 0 Å². The van der Waals surface area contributed by atoms with Gasteiger partial charge >= 0.3 is 0 Å². The zero-order chi connectivity index (χ0) is 14.9. The summed E-state index contributed by atoms with van der Waals surface area (Å²) in [6, 6.07) is 0.902. The van der Waals surface area contributed by atoms with Gasteiger partial charge in [-0.05, 0) is 51.0 Å². The van der Waals surface area contributed by atoms with E-state index in [-0.39, 0.29) is 6.04 Å². The van der Waals surface area contributed by atoms with Crippen molar-refractivity contribution < 1.29 is 8.42 Å². The van der Waals surface area contributed by atoms with Gasteiger partial charge in [-0.15, -0.1) is 6.58 Å². The van der Waals surface area contributed by atoms with Crippen LogP contribution in [0, 0.1) is 5.92 Å². The van der Waals surface area contributed by atoms with Gasteiger partial charge in [0, 0.05) is 31.7 Å². The van der Waals surface area contributed by atoms with Gasteiger partial charge in [-0.2, -0.15) is 17.0 Å². The van der Waals surface area contributed by atoms with Crippen LogP contribution in [0.5, 0.6) is 0 Å². The Morgan fingerprint density at radius 3 is 2.62 bits per heavy atom. The van der Waals surface area contributed by atoms with Crippen LogP contribution in [0.4, 0.5) is 0 Å². The summed E-state index contributed by atoms with van der Waals surface area (Å²) in [5, 5.41) is 3.54. The first-order valence-corrected chi connectivity index (χ1v) is 9.62. The Bertz CT molecular complexity index is 471. The maximum atomic E-state index is 12.8. The monoisotopic (exact) mass is 313 g/mol. The minimum atomic E-state index is -3.31. The van der Waals surface area contributed by atoms with Gasteiger partial charge in [0.2, 0.25) is 0 Å². The molecule has 0 aromatic heterocycles. The number of nitrogens with zero attached hydrogens (tertiary/aromatic N) is 2. The molecule has 2 aliphatic carbocycles. The molecule has 0 aromatic carbocycles. The van der Waals surface area contributed by atoms with Crippen molar-refractivity contribution in [2.24, 2.45) is 5.92 Å². The molecule has 0 spiro atoms. The first kappa shape index (κ1) is 15.5. The van der Waals surface area contributed by atoms with Crippen LogP contribution in [-0.4, -0.2) is 55.3 Å². The van der Waals surface area contributed by atoms with Gasteiger partial charge in [0.15, 0.2) is 0 Å². The Morgan fingerprint density at radius 2 is 2.00 bits per heavy atom. The van der Waals surface area contributed by atoms with Crippen LogP contribution in [-0.2, 0) is 10.2 Å². The van der Waals surface area contributed by atoms with E-state index in [9.17, 15) is 8.42 Å². The molecule has 0 amide bonds. The van der Waals surface area contributed by atoms with Crippen LogP contribution < -0.4 is 5.32 Å². The molecule has 1 N–H and O–H groups in total. The van der Waals surface area contributed by atoms with Crippen LogP contribution >= 0.6 is 0 Å². The Morgan fingerprint density at radius 1 is 1.24 bits per heavy atom. The fourth-order valence-electron chi connectivity index (χ4n) is 3.09. The molecule has 120 valence electrons. The molecule has 0 bridgehead atoms. The molecule has 1 aliphatic heterocycles. The molecule has 0 aromatic rings. The minimum Gasteiger partial charge on any atom is -0.314 e. The van der Waals surface area contributed by atoms with Crippen molar-refractivity contribution >= 4 is 10.2 Å². The van der Waals surface area contributed by atoms with E-state index in [0.717, 1.165) is 32.2 Å². The summed E-state index contributed by atoms with van der Waals surface area (Å²) in [6.45, 7) is 6.44. The number of hydrogen-bond donors (Lipinski definition) is 1. The quantitative estimate of drug-likeness (QED) is 0.688. The summed E-state index contributed by atoms with van der Waals surface area (Å²) >= 11 is 0. The first-order valence-electron chi connectivity index (χ1n) is 8.22. The summed E-state index contributed by atoms with van der Waals surface area (Å²) < 4.78 is 29.0. The number of piperidine rings is 1. The summed E-state index contributed by atoms with van der Waals surface area (Å²) in [4.78, 5) is 0. The highest BCUT2D eigenvalue weighted by Crippen LogP contribution is 2.32. The molecule has 21 heavy (non-hydrogen) atoms. The maximum Gasteiger partial charge on any atom is 0.282 e. The summed E-state index contributed by atoms with van der Waals surface area (Å²) in [5.41, 5.74) is 0. The van der Waals surface area contributed by atoms with Crippen molar-refractivity contribution in [1.29, 1.82) is 0 Å². The Hall–Kier alpha value is -0.430. The molecular weight excluding hydrogens is 286 g/mol. The lowest BCUT2D eigenvalue weighted by atomic mass is 10.00. The second-order valence-electron chi connectivity index (χ2n) is 6.65. The third-order valence-electron chi connectivity index (χ3n) is 4.64. The predicted molar refractivity (Wildman–Crippen MR) is 84.2 cm³/mol. The van der Waals surface area contributed by atoms with Crippen LogP contribution in [0.3, 0.4) is 0 Å². The van der Waals surface area contributed by atoms with Crippen LogP contribution in [0.1, 0.15) is 38.5 Å². The van der Waals surface area contributed by atoms with Crippen LogP contribution in [0.25, 0.3) is 0 Å². The van der Waals surface area contributed by atoms with Crippen molar-refractivity contribution in [1.82, 2.24) is 13.9 Å². The molecule has 3 fully saturated rings. The van der Waals surface area contributed by atoms with Crippen molar-refractivity contribution in [2.75, 3.05) is 26.2 Å². The highest BCUT2D eigenvalue weighted by molar-refractivity contribution is 7.86. The molecule has 3 aliphatic rings. The summed E-state index contributed by atoms with van der Waals surface area (Å²) in [5.74, 6) is 0.457. The minimum absolute atomic E-state index is 0.206. The third-order valence-corrected chi connectivity index (χ3v) is 6.66. The van der Waals surface area contributed by atoms with Crippen molar-refractivity contribution in [3.8, 4) is 0 Å². The SMILES string of the molecule is C=CCN(C1CC1)S(=O)(=O)N1CCCC(CNC2CC2)C1. The third kappa shape index (κ3) is 3.86. The van der Waals surface area contributed by atoms with E-state index in [4.69, 9.17) is 0 Å². The summed E-state index contributed by atoms with van der Waals surface area (Å²) in [6.07, 6.45) is 8.36. The average Bonchev–Trinajstić information content (AvgIpc) is 3.37. The van der Waals surface area contributed by atoms with E-state index in [1.165, 1.54) is 12.8 Å². The van der Waals surface area contributed by atoms with Crippen molar-refractivity contribution in [2.45, 2.75) is 50.6 Å². The van der Waals surface area contributed by atoms with Crippen molar-refractivity contribution in [3.05, 3.63) is 12.7 Å². The lowest BCUT2D eigenvalue weighted by Crippen LogP contribution is -2.50. The number of hydrogen-bond acceptors (Lipinski definition) is 3. The fourth-order valence-corrected chi connectivity index (χ4v) is 5.03. The molecule has 1 unspecified atom stereocenters. The Balaban J connectivity index is 1.61. The zero-order valence-electron chi connectivity index (χ0n) is 12.7. The molecule has 1 atom stereocenters. The van der Waals surface area contributed by atoms with Gasteiger partial charge in [0.25, 0.3) is 10.2 Å². The topological polar surface area (TPSA) is 52.7 Å². The van der Waals surface area contributed by atoms with E-state index in [0.29, 0.717) is 31.6 Å². The predicted octanol–water partition coefficient (Wildman–Crippen LogP) is 1.35. The van der Waals surface area contributed by atoms with Crippen LogP contribution in [0.2, 0.25) is 0 Å². The summed E-state index contributed by atoms with van der Waals surface area (Å²) in [7, 11) is -3.31. The Kier molecular flexibility index (Phi) is 4.69. The maximum absolute atomic E-state index is 12.8. The smallest absolute Gasteiger partial charge is 0.282 e.